The zero-order valence-corrected chi connectivity index (χ0v) is 8.30. The van der Waals surface area contributed by atoms with Gasteiger partial charge in [0.25, 0.3) is 0 Å². The second kappa shape index (κ2) is 6.30. The van der Waals surface area contributed by atoms with Crippen molar-refractivity contribution in [2.45, 2.75) is 13.8 Å². The number of carbonyl (C=O) groups is 2. The zero-order valence-electron chi connectivity index (χ0n) is 7.49. The van der Waals surface area contributed by atoms with E-state index in [1.54, 1.807) is 6.26 Å². The molecule has 0 atom stereocenters. The quantitative estimate of drug-likeness (QED) is 0.287. The molecule has 0 saturated carbocycles. The first-order valence-corrected chi connectivity index (χ1v) is 4.51. The topological polar surface area (TPSA) is 77.0 Å². The van der Waals surface area contributed by atoms with Crippen LogP contribution in [0.15, 0.2) is 5.16 Å². The molecule has 0 bridgehead atoms. The van der Waals surface area contributed by atoms with Gasteiger partial charge < -0.3 is 9.68 Å². The van der Waals surface area contributed by atoms with Gasteiger partial charge in [0.1, 0.15) is 0 Å². The summed E-state index contributed by atoms with van der Waals surface area (Å²) in [4.78, 5) is 29.4. The molecule has 0 aromatic heterocycles. The van der Waals surface area contributed by atoms with Crippen LogP contribution < -0.4 is 5.48 Å². The Labute approximate surface area is 79.6 Å². The van der Waals surface area contributed by atoms with Crippen molar-refractivity contribution in [3.05, 3.63) is 0 Å². The second-order valence-corrected chi connectivity index (χ2v) is 2.67. The summed E-state index contributed by atoms with van der Waals surface area (Å²) < 4.78 is 0. The molecule has 13 heavy (non-hydrogen) atoms. The summed E-state index contributed by atoms with van der Waals surface area (Å²) in [6.45, 7) is 2.45. The van der Waals surface area contributed by atoms with E-state index in [-0.39, 0.29) is 5.17 Å². The average Bonchev–Trinajstić information content (AvgIpc) is 2.04. The Kier molecular flexibility index (Phi) is 5.69. The van der Waals surface area contributed by atoms with Crippen LogP contribution in [0.25, 0.3) is 0 Å². The number of hydroxylamine groups is 1. The standard InChI is InChI=1S/C6H10N2O4S/c1-4(9)11-7-6(13-3)8-12-5(2)10/h1-3H3,(H,7,8). The number of hydrogen-bond donors (Lipinski definition) is 1. The SMILES string of the molecule is CS/C(=N\OC(C)=O)NOC(C)=O. The molecule has 0 aromatic rings. The molecule has 0 heterocycles. The van der Waals surface area contributed by atoms with E-state index in [0.717, 1.165) is 11.8 Å². The molecule has 0 amide bonds. The lowest BCUT2D eigenvalue weighted by molar-refractivity contribution is -0.145. The Balaban J connectivity index is 3.94. The highest BCUT2D eigenvalue weighted by molar-refractivity contribution is 8.13. The summed E-state index contributed by atoms with van der Waals surface area (Å²) in [5, 5.41) is 3.54. The fourth-order valence-corrected chi connectivity index (χ4v) is 0.556. The maximum Gasteiger partial charge on any atom is 0.332 e. The molecule has 0 aliphatic rings. The van der Waals surface area contributed by atoms with Gasteiger partial charge in [0, 0.05) is 13.8 Å². The van der Waals surface area contributed by atoms with Crippen molar-refractivity contribution in [2.24, 2.45) is 5.16 Å². The van der Waals surface area contributed by atoms with Crippen LogP contribution >= 0.6 is 11.8 Å². The molecular weight excluding hydrogens is 196 g/mol. The number of rotatable bonds is 1. The lowest BCUT2D eigenvalue weighted by Crippen LogP contribution is -2.23. The summed E-state index contributed by atoms with van der Waals surface area (Å²) in [6.07, 6.45) is 1.68. The summed E-state index contributed by atoms with van der Waals surface area (Å²) in [5.74, 6) is -1.05. The molecule has 6 nitrogen and oxygen atoms in total. The molecule has 0 rings (SSSR count). The van der Waals surface area contributed by atoms with Crippen molar-refractivity contribution in [3.8, 4) is 0 Å². The number of thioether (sulfide) groups is 1. The molecule has 1 N–H and O–H groups in total. The smallest absolute Gasteiger partial charge is 0.332 e. The molecule has 0 aromatic carbocycles. The average molecular weight is 206 g/mol. The summed E-state index contributed by atoms with van der Waals surface area (Å²) >= 11 is 1.14. The Morgan fingerprint density at radius 2 is 1.92 bits per heavy atom. The predicted octanol–water partition coefficient (Wildman–Crippen LogP) is 0.251. The molecule has 0 saturated heterocycles. The van der Waals surface area contributed by atoms with Gasteiger partial charge in [0.2, 0.25) is 5.17 Å². The van der Waals surface area contributed by atoms with E-state index in [2.05, 4.69) is 20.3 Å². The van der Waals surface area contributed by atoms with E-state index >= 15 is 0 Å². The number of nitrogens with one attached hydrogen (secondary N) is 1. The predicted molar refractivity (Wildman–Crippen MR) is 47.6 cm³/mol. The molecule has 74 valence electrons. The zero-order chi connectivity index (χ0) is 10.3. The van der Waals surface area contributed by atoms with Crippen molar-refractivity contribution in [1.29, 1.82) is 0 Å². The van der Waals surface area contributed by atoms with E-state index in [9.17, 15) is 9.59 Å². The van der Waals surface area contributed by atoms with Crippen LogP contribution in [0.4, 0.5) is 0 Å². The van der Waals surface area contributed by atoms with Crippen molar-refractivity contribution >= 4 is 28.9 Å². The van der Waals surface area contributed by atoms with Gasteiger partial charge >= 0.3 is 11.9 Å². The normalized spacial score (nSPS) is 10.5. The highest BCUT2D eigenvalue weighted by Gasteiger charge is 2.00. The highest BCUT2D eigenvalue weighted by atomic mass is 32.2. The molecule has 0 radical (unpaired) electrons. The first-order chi connectivity index (χ1) is 6.06. The molecule has 0 aliphatic carbocycles. The number of oxime groups is 1. The maximum absolute atomic E-state index is 10.3. The largest absolute Gasteiger partial charge is 0.342 e. The third-order valence-corrected chi connectivity index (χ3v) is 1.28. The molecule has 0 fully saturated rings. The van der Waals surface area contributed by atoms with Gasteiger partial charge in [-0.3, -0.25) is 4.79 Å². The van der Waals surface area contributed by atoms with Crippen LogP contribution in [0.2, 0.25) is 0 Å². The summed E-state index contributed by atoms with van der Waals surface area (Å²) in [7, 11) is 0. The number of nitrogens with zero attached hydrogens (tertiary/aromatic N) is 1. The van der Waals surface area contributed by atoms with Crippen LogP contribution in [0.5, 0.6) is 0 Å². The van der Waals surface area contributed by atoms with Gasteiger partial charge in [-0.2, -0.15) is 5.48 Å². The van der Waals surface area contributed by atoms with Crippen LogP contribution in [0.3, 0.4) is 0 Å². The highest BCUT2D eigenvalue weighted by Crippen LogP contribution is 1.95. The second-order valence-electron chi connectivity index (χ2n) is 1.88. The first-order valence-electron chi connectivity index (χ1n) is 3.29. The fraction of sp³-hybridized carbons (Fsp3) is 0.500. The minimum atomic E-state index is -0.545. The Morgan fingerprint density at radius 1 is 1.31 bits per heavy atom. The van der Waals surface area contributed by atoms with Crippen LogP contribution in [0.1, 0.15) is 13.8 Å². The molecule has 0 aliphatic heterocycles. The Morgan fingerprint density at radius 3 is 2.31 bits per heavy atom. The summed E-state index contributed by atoms with van der Waals surface area (Å²) in [5.41, 5.74) is 2.21. The van der Waals surface area contributed by atoms with E-state index in [4.69, 9.17) is 0 Å². The van der Waals surface area contributed by atoms with E-state index in [1.165, 1.54) is 13.8 Å². The van der Waals surface area contributed by atoms with Gasteiger partial charge in [0.15, 0.2) is 0 Å². The van der Waals surface area contributed by atoms with Gasteiger partial charge in [-0.1, -0.05) is 11.8 Å². The fourth-order valence-electron chi connectivity index (χ4n) is 0.319. The monoisotopic (exact) mass is 206 g/mol. The van der Waals surface area contributed by atoms with Crippen molar-refractivity contribution in [2.75, 3.05) is 6.26 Å². The Bertz CT molecular complexity index is 229. The van der Waals surface area contributed by atoms with Crippen molar-refractivity contribution in [1.82, 2.24) is 5.48 Å². The molecule has 7 heteroatoms. The van der Waals surface area contributed by atoms with Gasteiger partial charge in [-0.05, 0) is 11.4 Å². The maximum atomic E-state index is 10.3. The lowest BCUT2D eigenvalue weighted by atomic mass is 10.8. The molecular formula is C6H10N2O4S. The number of amidine groups is 1. The van der Waals surface area contributed by atoms with Crippen molar-refractivity contribution in [3.63, 3.8) is 0 Å². The van der Waals surface area contributed by atoms with E-state index in [1.807, 2.05) is 0 Å². The van der Waals surface area contributed by atoms with Crippen LogP contribution in [0, 0.1) is 0 Å². The van der Waals surface area contributed by atoms with Crippen LogP contribution in [-0.2, 0) is 19.3 Å². The third kappa shape index (κ3) is 7.13. The lowest BCUT2D eigenvalue weighted by Gasteiger charge is -2.03. The minimum Gasteiger partial charge on any atom is -0.342 e. The minimum absolute atomic E-state index is 0.186. The number of carbonyl (C=O) groups excluding carboxylic acids is 2. The van der Waals surface area contributed by atoms with Crippen LogP contribution in [-0.4, -0.2) is 23.4 Å². The summed E-state index contributed by atoms with van der Waals surface area (Å²) in [6, 6.07) is 0. The van der Waals surface area contributed by atoms with Gasteiger partial charge in [-0.25, -0.2) is 4.79 Å². The van der Waals surface area contributed by atoms with Gasteiger partial charge in [0.05, 0.1) is 0 Å². The van der Waals surface area contributed by atoms with E-state index in [0.29, 0.717) is 0 Å². The Hall–Kier alpha value is -1.24. The van der Waals surface area contributed by atoms with E-state index < -0.39 is 11.9 Å². The van der Waals surface area contributed by atoms with Gasteiger partial charge in [-0.15, -0.1) is 0 Å². The number of hydrogen-bond acceptors (Lipinski definition) is 6. The third-order valence-electron chi connectivity index (χ3n) is 0.733. The molecule has 0 spiro atoms. The van der Waals surface area contributed by atoms with Crippen molar-refractivity contribution < 1.29 is 19.3 Å². The first kappa shape index (κ1) is 11.8. The molecule has 0 unspecified atom stereocenters.